The number of ether oxygens (including phenoxy) is 2. The average Bonchev–Trinajstić information content (AvgIpc) is 3.08. The van der Waals surface area contributed by atoms with Crippen LogP contribution in [-0.4, -0.2) is 75.6 Å². The first kappa shape index (κ1) is 49.2. The Labute approximate surface area is 313 Å². The molecule has 0 aliphatic carbocycles. The van der Waals surface area contributed by atoms with Crippen LogP contribution in [-0.2, 0) is 27.9 Å². The lowest BCUT2D eigenvalue weighted by molar-refractivity contribution is -0.870. The minimum Gasteiger partial charge on any atom is -0.457 e. The van der Waals surface area contributed by atoms with Gasteiger partial charge in [0.1, 0.15) is 19.3 Å². The van der Waals surface area contributed by atoms with Crippen LogP contribution in [0.4, 0.5) is 0 Å². The van der Waals surface area contributed by atoms with E-state index < -0.39 is 13.9 Å². The molecule has 8 nitrogen and oxygen atoms in total. The summed E-state index contributed by atoms with van der Waals surface area (Å²) >= 11 is 0. The minimum atomic E-state index is -4.28. The van der Waals surface area contributed by atoms with Crippen LogP contribution in [0.1, 0.15) is 142 Å². The highest BCUT2D eigenvalue weighted by atomic mass is 31.2. The molecule has 0 aromatic heterocycles. The number of nitrogens with zero attached hydrogens (tertiary/aromatic N) is 1. The van der Waals surface area contributed by atoms with Gasteiger partial charge in [-0.3, -0.25) is 13.8 Å². The van der Waals surface area contributed by atoms with Gasteiger partial charge in [0.2, 0.25) is 0 Å². The van der Waals surface area contributed by atoms with E-state index in [4.69, 9.17) is 18.5 Å². The van der Waals surface area contributed by atoms with E-state index in [0.29, 0.717) is 24.1 Å². The normalized spacial score (nSPS) is 14.5. The summed E-state index contributed by atoms with van der Waals surface area (Å²) in [5.74, 6) is -0.338. The van der Waals surface area contributed by atoms with Crippen LogP contribution >= 0.6 is 7.82 Å². The second-order valence-electron chi connectivity index (χ2n) is 14.3. The molecule has 0 saturated heterocycles. The molecule has 296 valence electrons. The largest absolute Gasteiger partial charge is 0.472 e. The van der Waals surface area contributed by atoms with Crippen molar-refractivity contribution in [1.29, 1.82) is 0 Å². The van der Waals surface area contributed by atoms with Crippen molar-refractivity contribution in [2.24, 2.45) is 0 Å². The van der Waals surface area contributed by atoms with Gasteiger partial charge in [0.15, 0.2) is 0 Å². The Hall–Kier alpha value is -1.80. The van der Waals surface area contributed by atoms with Crippen molar-refractivity contribution in [2.75, 3.05) is 54.1 Å². The number of rotatable bonds is 36. The molecule has 9 heteroatoms. The molecular weight excluding hydrogens is 661 g/mol. The highest BCUT2D eigenvalue weighted by Crippen LogP contribution is 2.43. The van der Waals surface area contributed by atoms with Gasteiger partial charge in [0.05, 0.1) is 34.4 Å². The Morgan fingerprint density at radius 1 is 0.627 bits per heavy atom. The third kappa shape index (κ3) is 39.2. The predicted molar refractivity (Wildman–Crippen MR) is 215 cm³/mol. The SMILES string of the molecule is CC/C=C\C/C=C\C/C=C\CCCCCCCC(=O)OC(COCCCCCCCC/C=C\C/C=C\CCC)COP(=O)(O)OCC[N+](C)(C)C. The van der Waals surface area contributed by atoms with E-state index in [0.717, 1.165) is 89.9 Å². The topological polar surface area (TPSA) is 91.3 Å². The van der Waals surface area contributed by atoms with Crippen molar-refractivity contribution in [3.05, 3.63) is 60.8 Å². The van der Waals surface area contributed by atoms with E-state index in [1.807, 2.05) is 21.1 Å². The number of hydrogen-bond acceptors (Lipinski definition) is 6. The Kier molecular flexibility index (Phi) is 34.0. The fraction of sp³-hybridized carbons (Fsp3) is 0.738. The fourth-order valence-electron chi connectivity index (χ4n) is 4.96. The number of carbonyl (C=O) groups is 1. The summed E-state index contributed by atoms with van der Waals surface area (Å²) in [6.07, 6.45) is 42.5. The van der Waals surface area contributed by atoms with E-state index in [1.54, 1.807) is 0 Å². The number of esters is 1. The molecule has 0 aliphatic rings. The Bertz CT molecular complexity index is 1000. The zero-order valence-electron chi connectivity index (χ0n) is 33.3. The first-order valence-corrected chi connectivity index (χ1v) is 21.5. The summed E-state index contributed by atoms with van der Waals surface area (Å²) in [7, 11) is 1.64. The van der Waals surface area contributed by atoms with Gasteiger partial charge < -0.3 is 18.9 Å². The van der Waals surface area contributed by atoms with Crippen LogP contribution in [0.15, 0.2) is 60.8 Å². The van der Waals surface area contributed by atoms with Crippen molar-refractivity contribution in [1.82, 2.24) is 0 Å². The number of likely N-dealkylation sites (N-methyl/N-ethyl adjacent to an activating group) is 1. The molecule has 0 aliphatic heterocycles. The lowest BCUT2D eigenvalue weighted by atomic mass is 10.1. The van der Waals surface area contributed by atoms with Crippen molar-refractivity contribution < 1.29 is 37.3 Å². The van der Waals surface area contributed by atoms with E-state index in [9.17, 15) is 14.3 Å². The second-order valence-corrected chi connectivity index (χ2v) is 15.7. The number of phosphoric acid groups is 1. The average molecular weight is 739 g/mol. The number of phosphoric ester groups is 1. The lowest BCUT2D eigenvalue weighted by Gasteiger charge is -2.24. The van der Waals surface area contributed by atoms with Crippen molar-refractivity contribution in [2.45, 2.75) is 148 Å². The molecule has 2 unspecified atom stereocenters. The molecule has 0 rings (SSSR count). The summed E-state index contributed by atoms with van der Waals surface area (Å²) in [5, 5.41) is 0. The van der Waals surface area contributed by atoms with E-state index >= 15 is 0 Å². The molecule has 51 heavy (non-hydrogen) atoms. The Balaban J connectivity index is 4.34. The van der Waals surface area contributed by atoms with E-state index in [1.165, 1.54) is 32.1 Å². The Morgan fingerprint density at radius 2 is 1.14 bits per heavy atom. The van der Waals surface area contributed by atoms with Gasteiger partial charge in [-0.2, -0.15) is 0 Å². The zero-order valence-corrected chi connectivity index (χ0v) is 34.2. The van der Waals surface area contributed by atoms with Crippen LogP contribution in [0.3, 0.4) is 0 Å². The van der Waals surface area contributed by atoms with Gasteiger partial charge in [0, 0.05) is 13.0 Å². The van der Waals surface area contributed by atoms with Gasteiger partial charge in [-0.1, -0.05) is 126 Å². The van der Waals surface area contributed by atoms with Crippen LogP contribution in [0, 0.1) is 0 Å². The highest BCUT2D eigenvalue weighted by Gasteiger charge is 2.26. The van der Waals surface area contributed by atoms with Crippen LogP contribution in [0.25, 0.3) is 0 Å². The highest BCUT2D eigenvalue weighted by molar-refractivity contribution is 7.47. The van der Waals surface area contributed by atoms with Gasteiger partial charge in [0.25, 0.3) is 0 Å². The van der Waals surface area contributed by atoms with Gasteiger partial charge in [-0.15, -0.1) is 0 Å². The van der Waals surface area contributed by atoms with E-state index in [-0.39, 0.29) is 25.8 Å². The van der Waals surface area contributed by atoms with Crippen LogP contribution in [0.2, 0.25) is 0 Å². The first-order valence-electron chi connectivity index (χ1n) is 20.0. The summed E-state index contributed by atoms with van der Waals surface area (Å²) in [6.45, 7) is 5.38. The van der Waals surface area contributed by atoms with Gasteiger partial charge in [-0.05, 0) is 70.6 Å². The third-order valence-corrected chi connectivity index (χ3v) is 9.03. The number of quaternary nitrogens is 1. The molecule has 0 bridgehead atoms. The molecule has 0 spiro atoms. The molecular formula is C42H77NO7P+. The number of allylic oxidation sites excluding steroid dienone is 10. The summed E-state index contributed by atoms with van der Waals surface area (Å²) in [4.78, 5) is 22.8. The molecule has 0 radical (unpaired) electrons. The molecule has 0 amide bonds. The second kappa shape index (κ2) is 35.2. The molecule has 0 saturated carbocycles. The maximum atomic E-state index is 12.6. The van der Waals surface area contributed by atoms with E-state index in [2.05, 4.69) is 74.6 Å². The number of carbonyl (C=O) groups excluding carboxylic acids is 1. The third-order valence-electron chi connectivity index (χ3n) is 8.04. The monoisotopic (exact) mass is 739 g/mol. The molecule has 0 aromatic carbocycles. The molecule has 2 atom stereocenters. The van der Waals surface area contributed by atoms with Crippen LogP contribution in [0.5, 0.6) is 0 Å². The summed E-state index contributed by atoms with van der Waals surface area (Å²) in [5.41, 5.74) is 0. The predicted octanol–water partition coefficient (Wildman–Crippen LogP) is 11.4. The van der Waals surface area contributed by atoms with Crippen molar-refractivity contribution in [3.63, 3.8) is 0 Å². The molecule has 1 N–H and O–H groups in total. The summed E-state index contributed by atoms with van der Waals surface area (Å²) in [6, 6.07) is 0. The maximum absolute atomic E-state index is 12.6. The maximum Gasteiger partial charge on any atom is 0.472 e. The van der Waals surface area contributed by atoms with Gasteiger partial charge in [-0.25, -0.2) is 4.57 Å². The first-order chi connectivity index (χ1) is 24.6. The molecule has 0 fully saturated rings. The molecule has 0 heterocycles. The number of hydrogen-bond donors (Lipinski definition) is 1. The molecule has 0 aromatic rings. The fourth-order valence-corrected chi connectivity index (χ4v) is 5.70. The standard InChI is InChI=1S/C42H76NO7P/c1-6-8-10-12-14-16-18-20-22-23-25-27-29-31-33-35-42(44)50-41(40-49-51(45,46)48-38-36-43(3,4)5)39-47-37-34-32-30-28-26-24-21-19-17-15-13-11-9-7-2/h8,10-11,13-14,16-17,19-20,22,41H,6-7,9,12,15,18,21,23-40H2,1-5H3/p+1/b10-8-,13-11-,16-14-,19-17-,22-20-. The number of unbranched alkanes of at least 4 members (excludes halogenated alkanes) is 12. The zero-order chi connectivity index (χ0) is 37.7. The quantitative estimate of drug-likeness (QED) is 0.0225. The lowest BCUT2D eigenvalue weighted by Crippen LogP contribution is -2.37. The van der Waals surface area contributed by atoms with Gasteiger partial charge >= 0.3 is 13.8 Å². The van der Waals surface area contributed by atoms with Crippen molar-refractivity contribution >= 4 is 13.8 Å². The minimum absolute atomic E-state index is 0.0798. The summed E-state index contributed by atoms with van der Waals surface area (Å²) < 4.78 is 34.9. The van der Waals surface area contributed by atoms with Crippen LogP contribution < -0.4 is 0 Å². The smallest absolute Gasteiger partial charge is 0.457 e. The Morgan fingerprint density at radius 3 is 1.71 bits per heavy atom. The van der Waals surface area contributed by atoms with Crippen molar-refractivity contribution in [3.8, 4) is 0 Å².